The zero-order valence-electron chi connectivity index (χ0n) is 15.7. The first-order valence-electron chi connectivity index (χ1n) is 8.90. The topological polar surface area (TPSA) is 86.4 Å². The summed E-state index contributed by atoms with van der Waals surface area (Å²) < 4.78 is 13.0. The minimum absolute atomic E-state index is 0.192. The van der Waals surface area contributed by atoms with Crippen molar-refractivity contribution in [2.24, 2.45) is 0 Å². The second-order valence-corrected chi connectivity index (χ2v) is 6.50. The second-order valence-electron chi connectivity index (χ2n) is 6.50. The normalized spacial score (nSPS) is 12.1. The number of amides is 1. The van der Waals surface area contributed by atoms with E-state index in [0.717, 1.165) is 23.9 Å². The lowest BCUT2D eigenvalue weighted by Gasteiger charge is -2.15. The number of imidazole rings is 1. The van der Waals surface area contributed by atoms with Crippen molar-refractivity contribution in [2.75, 3.05) is 6.54 Å². The van der Waals surface area contributed by atoms with Gasteiger partial charge < -0.3 is 19.0 Å². The number of benzene rings is 1. The van der Waals surface area contributed by atoms with Crippen molar-refractivity contribution in [3.05, 3.63) is 58.5 Å². The minimum Gasteiger partial charge on any atom is -0.481 e. The highest BCUT2D eigenvalue weighted by Gasteiger charge is 2.15. The van der Waals surface area contributed by atoms with Crippen LogP contribution in [0.25, 0.3) is 11.0 Å². The maximum Gasteiger partial charge on any atom is 0.339 e. The van der Waals surface area contributed by atoms with Gasteiger partial charge in [-0.3, -0.25) is 4.79 Å². The molecule has 0 aliphatic carbocycles. The summed E-state index contributed by atoms with van der Waals surface area (Å²) in [6.07, 6.45) is 5.50. The summed E-state index contributed by atoms with van der Waals surface area (Å²) in [7, 11) is 0. The zero-order valence-corrected chi connectivity index (χ0v) is 15.7. The Labute approximate surface area is 157 Å². The summed E-state index contributed by atoms with van der Waals surface area (Å²) >= 11 is 0. The van der Waals surface area contributed by atoms with Gasteiger partial charge in [-0.1, -0.05) is 0 Å². The molecule has 1 N–H and O–H groups in total. The van der Waals surface area contributed by atoms with Crippen LogP contribution in [0.3, 0.4) is 0 Å². The monoisotopic (exact) mass is 369 g/mol. The Balaban J connectivity index is 1.58. The first-order chi connectivity index (χ1) is 13.0. The first-order valence-corrected chi connectivity index (χ1v) is 8.90. The predicted molar refractivity (Wildman–Crippen MR) is 102 cm³/mol. The van der Waals surface area contributed by atoms with E-state index in [-0.39, 0.29) is 11.5 Å². The molecule has 3 rings (SSSR count). The molecule has 7 heteroatoms. The average molecular weight is 369 g/mol. The Bertz CT molecular complexity index is 992. The van der Waals surface area contributed by atoms with E-state index in [1.54, 1.807) is 38.5 Å². The van der Waals surface area contributed by atoms with Crippen LogP contribution in [0, 0.1) is 13.8 Å². The van der Waals surface area contributed by atoms with Gasteiger partial charge in [0, 0.05) is 42.5 Å². The summed E-state index contributed by atoms with van der Waals surface area (Å²) in [6.45, 7) is 6.65. The highest BCUT2D eigenvalue weighted by Crippen LogP contribution is 2.24. The summed E-state index contributed by atoms with van der Waals surface area (Å²) in [5, 5.41) is 3.71. The van der Waals surface area contributed by atoms with E-state index < -0.39 is 6.10 Å². The van der Waals surface area contributed by atoms with Crippen LogP contribution in [-0.4, -0.2) is 28.1 Å². The van der Waals surface area contributed by atoms with Gasteiger partial charge in [0.05, 0.1) is 6.33 Å². The predicted octanol–water partition coefficient (Wildman–Crippen LogP) is 2.58. The number of carbonyl (C=O) groups excluding carboxylic acids is 1. The molecule has 7 nitrogen and oxygen atoms in total. The van der Waals surface area contributed by atoms with E-state index in [2.05, 4.69) is 10.3 Å². The fourth-order valence-electron chi connectivity index (χ4n) is 2.80. The van der Waals surface area contributed by atoms with E-state index in [1.807, 2.05) is 23.8 Å². The maximum absolute atomic E-state index is 12.2. The highest BCUT2D eigenvalue weighted by atomic mass is 16.5. The van der Waals surface area contributed by atoms with Crippen LogP contribution in [0.2, 0.25) is 0 Å². The molecule has 1 atom stereocenters. The Hall–Kier alpha value is -3.09. The second kappa shape index (κ2) is 8.07. The Morgan fingerprint density at radius 2 is 2.15 bits per heavy atom. The molecule has 1 amide bonds. The van der Waals surface area contributed by atoms with Gasteiger partial charge in [-0.05, 0) is 44.9 Å². The van der Waals surface area contributed by atoms with Crippen molar-refractivity contribution in [1.29, 1.82) is 0 Å². The summed E-state index contributed by atoms with van der Waals surface area (Å²) in [5.41, 5.74) is 1.57. The molecule has 0 bridgehead atoms. The molecule has 1 unspecified atom stereocenters. The van der Waals surface area contributed by atoms with Gasteiger partial charge in [-0.2, -0.15) is 0 Å². The van der Waals surface area contributed by atoms with Crippen LogP contribution in [0.5, 0.6) is 5.75 Å². The van der Waals surface area contributed by atoms with Gasteiger partial charge in [0.15, 0.2) is 6.10 Å². The molecule has 0 saturated carbocycles. The third kappa shape index (κ3) is 4.36. The molecule has 0 saturated heterocycles. The van der Waals surface area contributed by atoms with Crippen molar-refractivity contribution >= 4 is 16.9 Å². The molecule has 27 heavy (non-hydrogen) atoms. The molecule has 2 heterocycles. The number of carbonyl (C=O) groups is 1. The minimum atomic E-state index is -0.658. The number of aryl methyl sites for hydroxylation is 2. The largest absolute Gasteiger partial charge is 0.481 e. The van der Waals surface area contributed by atoms with E-state index >= 15 is 0 Å². The van der Waals surface area contributed by atoms with Crippen molar-refractivity contribution < 1.29 is 13.9 Å². The lowest BCUT2D eigenvalue weighted by molar-refractivity contribution is -0.127. The summed E-state index contributed by atoms with van der Waals surface area (Å²) in [5.74, 6) is 0.289. The van der Waals surface area contributed by atoms with Gasteiger partial charge in [0.2, 0.25) is 0 Å². The van der Waals surface area contributed by atoms with Gasteiger partial charge in [0.1, 0.15) is 11.3 Å². The van der Waals surface area contributed by atoms with Crippen LogP contribution in [0.4, 0.5) is 0 Å². The molecule has 3 aromatic rings. The highest BCUT2D eigenvalue weighted by molar-refractivity contribution is 5.83. The van der Waals surface area contributed by atoms with Crippen molar-refractivity contribution in [1.82, 2.24) is 14.9 Å². The molecule has 1 aromatic carbocycles. The number of hydrogen-bond acceptors (Lipinski definition) is 5. The van der Waals surface area contributed by atoms with E-state index in [0.29, 0.717) is 23.4 Å². The Morgan fingerprint density at radius 3 is 2.89 bits per heavy atom. The number of nitrogens with one attached hydrogen (secondary N) is 1. The molecule has 142 valence electrons. The van der Waals surface area contributed by atoms with Crippen LogP contribution in [0.15, 0.2) is 46.1 Å². The molecule has 0 radical (unpaired) electrons. The number of aromatic nitrogens is 2. The fraction of sp³-hybridized carbons (Fsp3) is 0.350. The zero-order chi connectivity index (χ0) is 19.4. The van der Waals surface area contributed by atoms with Crippen LogP contribution in [0.1, 0.15) is 24.5 Å². The SMILES string of the molecule is Cc1c(C)c2ccc(OC(C)C(=O)NCCCn3ccnc3)cc2oc1=O. The average Bonchev–Trinajstić information content (AvgIpc) is 3.16. The van der Waals surface area contributed by atoms with Crippen LogP contribution < -0.4 is 15.7 Å². The van der Waals surface area contributed by atoms with Crippen LogP contribution >= 0.6 is 0 Å². The third-order valence-corrected chi connectivity index (χ3v) is 4.56. The summed E-state index contributed by atoms with van der Waals surface area (Å²) in [6, 6.07) is 5.26. The van der Waals surface area contributed by atoms with E-state index in [1.165, 1.54) is 0 Å². The molecule has 0 fully saturated rings. The van der Waals surface area contributed by atoms with Gasteiger partial charge in [-0.15, -0.1) is 0 Å². The summed E-state index contributed by atoms with van der Waals surface area (Å²) in [4.78, 5) is 28.0. The van der Waals surface area contributed by atoms with E-state index in [4.69, 9.17) is 9.15 Å². The van der Waals surface area contributed by atoms with E-state index in [9.17, 15) is 9.59 Å². The van der Waals surface area contributed by atoms with Crippen LogP contribution in [-0.2, 0) is 11.3 Å². The molecular formula is C20H23N3O4. The number of hydrogen-bond donors (Lipinski definition) is 1. The molecule has 0 aliphatic rings. The number of rotatable bonds is 7. The Kier molecular flexibility index (Phi) is 5.59. The van der Waals surface area contributed by atoms with Crippen molar-refractivity contribution in [3.63, 3.8) is 0 Å². The molecule has 0 spiro atoms. The molecule has 2 aromatic heterocycles. The van der Waals surface area contributed by atoms with Gasteiger partial charge >= 0.3 is 5.63 Å². The quantitative estimate of drug-likeness (QED) is 0.511. The van der Waals surface area contributed by atoms with Crippen molar-refractivity contribution in [2.45, 2.75) is 39.8 Å². The number of fused-ring (bicyclic) bond motifs is 1. The van der Waals surface area contributed by atoms with Gasteiger partial charge in [0.25, 0.3) is 5.91 Å². The fourth-order valence-corrected chi connectivity index (χ4v) is 2.80. The first kappa shape index (κ1) is 18.7. The number of nitrogens with zero attached hydrogens (tertiary/aromatic N) is 2. The number of ether oxygens (including phenoxy) is 1. The van der Waals surface area contributed by atoms with Gasteiger partial charge in [-0.25, -0.2) is 9.78 Å². The molecule has 0 aliphatic heterocycles. The molecular weight excluding hydrogens is 346 g/mol. The maximum atomic E-state index is 12.2. The standard InChI is InChI=1S/C20H23N3O4/c1-13-14(2)20(25)27-18-11-16(5-6-17(13)18)26-15(3)19(24)22-7-4-9-23-10-8-21-12-23/h5-6,8,10-12,15H,4,7,9H2,1-3H3,(H,22,24). The smallest absolute Gasteiger partial charge is 0.339 e. The lowest BCUT2D eigenvalue weighted by Crippen LogP contribution is -2.37. The Morgan fingerprint density at radius 1 is 1.33 bits per heavy atom. The third-order valence-electron chi connectivity index (χ3n) is 4.56. The van der Waals surface area contributed by atoms with Crippen molar-refractivity contribution in [3.8, 4) is 5.75 Å². The lowest BCUT2D eigenvalue weighted by atomic mass is 10.1.